The summed E-state index contributed by atoms with van der Waals surface area (Å²) in [5.74, 6) is -0.843. The van der Waals surface area contributed by atoms with E-state index in [0.717, 1.165) is 22.5 Å². The molecule has 0 fully saturated rings. The van der Waals surface area contributed by atoms with Crippen LogP contribution in [-0.4, -0.2) is 15.9 Å². The average Bonchev–Trinajstić information content (AvgIpc) is 3.14. The van der Waals surface area contributed by atoms with Crippen molar-refractivity contribution in [2.45, 2.75) is 0 Å². The Morgan fingerprint density at radius 3 is 2.41 bits per heavy atom. The number of primary amides is 1. The number of carbonyl (C=O) groups excluding carboxylic acids is 1. The fraction of sp³-hybridized carbons (Fsp3) is 0. The van der Waals surface area contributed by atoms with Gasteiger partial charge in [0.15, 0.2) is 0 Å². The van der Waals surface area contributed by atoms with Gasteiger partial charge in [0.2, 0.25) is 5.91 Å². The van der Waals surface area contributed by atoms with Crippen molar-refractivity contribution in [1.82, 2.24) is 9.97 Å². The highest BCUT2D eigenvalue weighted by Gasteiger charge is 2.18. The molecule has 0 saturated heterocycles. The number of amides is 1. The number of nitrogens with two attached hydrogens (primary N) is 1. The van der Waals surface area contributed by atoms with Crippen molar-refractivity contribution in [3.8, 4) is 33.6 Å². The maximum Gasteiger partial charge on any atom is 0.249 e. The molecule has 4 nitrogen and oxygen atoms in total. The zero-order chi connectivity index (χ0) is 18.8. The van der Waals surface area contributed by atoms with E-state index in [1.165, 1.54) is 12.1 Å². The molecule has 0 saturated carbocycles. The van der Waals surface area contributed by atoms with Gasteiger partial charge in [-0.05, 0) is 42.0 Å². The Morgan fingerprint density at radius 2 is 1.67 bits per heavy atom. The van der Waals surface area contributed by atoms with Gasteiger partial charge in [-0.2, -0.15) is 0 Å². The van der Waals surface area contributed by atoms with Crippen molar-refractivity contribution in [3.63, 3.8) is 0 Å². The molecule has 0 spiro atoms. The predicted molar refractivity (Wildman–Crippen MR) is 103 cm³/mol. The van der Waals surface area contributed by atoms with E-state index < -0.39 is 5.91 Å². The second-order valence-electron chi connectivity index (χ2n) is 6.13. The molecule has 0 aliphatic heterocycles. The second-order valence-corrected chi connectivity index (χ2v) is 6.13. The van der Waals surface area contributed by atoms with Crippen LogP contribution in [0.5, 0.6) is 0 Å². The van der Waals surface area contributed by atoms with Gasteiger partial charge in [0.1, 0.15) is 5.82 Å². The number of hydrogen-bond donors (Lipinski definition) is 2. The van der Waals surface area contributed by atoms with Gasteiger partial charge >= 0.3 is 0 Å². The second kappa shape index (κ2) is 6.88. The summed E-state index contributed by atoms with van der Waals surface area (Å²) in [4.78, 5) is 19.3. The van der Waals surface area contributed by atoms with Crippen LogP contribution in [0.4, 0.5) is 4.39 Å². The Balaban J connectivity index is 1.98. The quantitative estimate of drug-likeness (QED) is 0.558. The smallest absolute Gasteiger partial charge is 0.249 e. The van der Waals surface area contributed by atoms with Crippen LogP contribution in [0.15, 0.2) is 79.1 Å². The van der Waals surface area contributed by atoms with Crippen LogP contribution in [0.25, 0.3) is 33.6 Å². The summed E-state index contributed by atoms with van der Waals surface area (Å²) in [5.41, 5.74) is 10.6. The number of aromatic nitrogens is 2. The predicted octanol–water partition coefficient (Wildman–Crippen LogP) is 4.65. The number of rotatable bonds is 4. The standard InChI is InChI=1S/C22H16FN3O/c23-16-5-3-4-15(12-16)21-19(17-6-1-2-7-18(17)22(24)27)13-20(26-21)14-8-10-25-11-9-14/h1-13,26H,(H2,24,27). The third kappa shape index (κ3) is 3.22. The molecule has 0 unspecified atom stereocenters. The van der Waals surface area contributed by atoms with Crippen molar-refractivity contribution in [2.75, 3.05) is 0 Å². The first kappa shape index (κ1) is 16.7. The van der Waals surface area contributed by atoms with Crippen LogP contribution >= 0.6 is 0 Å². The molecule has 132 valence electrons. The molecule has 5 heteroatoms. The Hall–Kier alpha value is -3.73. The third-order valence-electron chi connectivity index (χ3n) is 4.40. The molecular weight excluding hydrogens is 341 g/mol. The number of nitrogens with zero attached hydrogens (tertiary/aromatic N) is 1. The lowest BCUT2D eigenvalue weighted by Gasteiger charge is -2.08. The van der Waals surface area contributed by atoms with Gasteiger partial charge in [-0.15, -0.1) is 0 Å². The van der Waals surface area contributed by atoms with Crippen LogP contribution in [0.2, 0.25) is 0 Å². The van der Waals surface area contributed by atoms with Gasteiger partial charge < -0.3 is 10.7 Å². The maximum atomic E-state index is 13.8. The van der Waals surface area contributed by atoms with E-state index in [1.807, 2.05) is 36.4 Å². The molecule has 2 aromatic heterocycles. The Labute approximate surface area is 155 Å². The Bertz CT molecular complexity index is 1120. The van der Waals surface area contributed by atoms with Gasteiger partial charge in [0.25, 0.3) is 0 Å². The van der Waals surface area contributed by atoms with E-state index >= 15 is 0 Å². The fourth-order valence-corrected chi connectivity index (χ4v) is 3.16. The van der Waals surface area contributed by atoms with Crippen LogP contribution in [0.3, 0.4) is 0 Å². The van der Waals surface area contributed by atoms with Crippen molar-refractivity contribution in [2.24, 2.45) is 5.73 Å². The molecular formula is C22H16FN3O. The minimum Gasteiger partial charge on any atom is -0.366 e. The van der Waals surface area contributed by atoms with Crippen LogP contribution in [0, 0.1) is 5.82 Å². The number of aromatic amines is 1. The summed E-state index contributed by atoms with van der Waals surface area (Å²) in [7, 11) is 0. The summed E-state index contributed by atoms with van der Waals surface area (Å²) in [6.45, 7) is 0. The molecule has 0 bridgehead atoms. The van der Waals surface area contributed by atoms with Crippen LogP contribution in [0.1, 0.15) is 10.4 Å². The number of H-pyrrole nitrogens is 1. The van der Waals surface area contributed by atoms with Gasteiger partial charge in [-0.1, -0.05) is 30.3 Å². The highest BCUT2D eigenvalue weighted by atomic mass is 19.1. The normalized spacial score (nSPS) is 10.7. The summed E-state index contributed by atoms with van der Waals surface area (Å²) >= 11 is 0. The molecule has 0 aliphatic carbocycles. The van der Waals surface area contributed by atoms with Crippen molar-refractivity contribution < 1.29 is 9.18 Å². The summed E-state index contributed by atoms with van der Waals surface area (Å²) < 4.78 is 13.8. The number of nitrogens with one attached hydrogen (secondary N) is 1. The maximum absolute atomic E-state index is 13.8. The molecule has 0 radical (unpaired) electrons. The third-order valence-corrected chi connectivity index (χ3v) is 4.40. The Morgan fingerprint density at radius 1 is 0.889 bits per heavy atom. The number of benzene rings is 2. The van der Waals surface area contributed by atoms with E-state index in [4.69, 9.17) is 5.73 Å². The first-order valence-corrected chi connectivity index (χ1v) is 8.42. The lowest BCUT2D eigenvalue weighted by atomic mass is 9.96. The largest absolute Gasteiger partial charge is 0.366 e. The molecule has 4 aromatic rings. The van der Waals surface area contributed by atoms with E-state index in [2.05, 4.69) is 9.97 Å². The SMILES string of the molecule is NC(=O)c1ccccc1-c1cc(-c2ccncc2)[nH]c1-c1cccc(F)c1. The minimum atomic E-state index is -0.512. The zero-order valence-corrected chi connectivity index (χ0v) is 14.3. The van der Waals surface area contributed by atoms with Crippen molar-refractivity contribution in [1.29, 1.82) is 0 Å². The Kier molecular flexibility index (Phi) is 4.26. The van der Waals surface area contributed by atoms with Crippen molar-refractivity contribution in [3.05, 3.63) is 90.5 Å². The highest BCUT2D eigenvalue weighted by molar-refractivity contribution is 6.02. The molecule has 3 N–H and O–H groups in total. The molecule has 4 rings (SSSR count). The first-order valence-electron chi connectivity index (χ1n) is 8.42. The number of pyridine rings is 1. The van der Waals surface area contributed by atoms with E-state index in [1.54, 1.807) is 30.6 Å². The van der Waals surface area contributed by atoms with Gasteiger partial charge in [-0.25, -0.2) is 4.39 Å². The van der Waals surface area contributed by atoms with E-state index in [-0.39, 0.29) is 5.82 Å². The molecule has 2 heterocycles. The molecule has 0 aliphatic rings. The summed E-state index contributed by atoms with van der Waals surface area (Å²) in [6, 6.07) is 19.2. The van der Waals surface area contributed by atoms with Gasteiger partial charge in [0.05, 0.1) is 5.69 Å². The molecule has 2 aromatic carbocycles. The summed E-state index contributed by atoms with van der Waals surface area (Å²) in [6.07, 6.45) is 3.41. The lowest BCUT2D eigenvalue weighted by Crippen LogP contribution is -2.12. The number of carbonyl (C=O) groups is 1. The highest BCUT2D eigenvalue weighted by Crippen LogP contribution is 2.37. The topological polar surface area (TPSA) is 71.8 Å². The van der Waals surface area contributed by atoms with Gasteiger partial charge in [0, 0.05) is 40.3 Å². The zero-order valence-electron chi connectivity index (χ0n) is 14.3. The van der Waals surface area contributed by atoms with Crippen molar-refractivity contribution >= 4 is 5.91 Å². The molecule has 0 atom stereocenters. The minimum absolute atomic E-state index is 0.332. The molecule has 1 amide bonds. The van der Waals surface area contributed by atoms with E-state index in [0.29, 0.717) is 16.7 Å². The van der Waals surface area contributed by atoms with Crippen LogP contribution < -0.4 is 5.73 Å². The van der Waals surface area contributed by atoms with Crippen LogP contribution in [-0.2, 0) is 0 Å². The fourth-order valence-electron chi connectivity index (χ4n) is 3.16. The first-order chi connectivity index (χ1) is 13.1. The molecule has 27 heavy (non-hydrogen) atoms. The number of halogens is 1. The van der Waals surface area contributed by atoms with E-state index in [9.17, 15) is 9.18 Å². The number of hydrogen-bond acceptors (Lipinski definition) is 2. The van der Waals surface area contributed by atoms with Gasteiger partial charge in [-0.3, -0.25) is 9.78 Å². The summed E-state index contributed by atoms with van der Waals surface area (Å²) in [5, 5.41) is 0. The lowest BCUT2D eigenvalue weighted by molar-refractivity contribution is 0.100. The average molecular weight is 357 g/mol. The monoisotopic (exact) mass is 357 g/mol.